The first-order valence-corrected chi connectivity index (χ1v) is 13.4. The van der Waals surface area contributed by atoms with Crippen LogP contribution in [0.2, 0.25) is 0 Å². The summed E-state index contributed by atoms with van der Waals surface area (Å²) < 4.78 is 16.8. The lowest BCUT2D eigenvalue weighted by atomic mass is 9.87. The second-order valence-electron chi connectivity index (χ2n) is 9.95. The van der Waals surface area contributed by atoms with Gasteiger partial charge in [-0.25, -0.2) is 0 Å². The molecule has 7 nitrogen and oxygen atoms in total. The van der Waals surface area contributed by atoms with Gasteiger partial charge in [-0.15, -0.1) is 11.6 Å². The Kier molecular flexibility index (Phi) is 10.5. The fourth-order valence-corrected chi connectivity index (χ4v) is 4.88. The molecule has 0 aliphatic heterocycles. The third kappa shape index (κ3) is 7.78. The third-order valence-corrected chi connectivity index (χ3v) is 6.94. The van der Waals surface area contributed by atoms with Gasteiger partial charge in [-0.2, -0.15) is 0 Å². The number of nitrogens with zero attached hydrogens (tertiary/aromatic N) is 1. The van der Waals surface area contributed by atoms with Gasteiger partial charge in [-0.3, -0.25) is 9.59 Å². The Morgan fingerprint density at radius 3 is 2.38 bits per heavy atom. The minimum Gasteiger partial charge on any atom is -0.497 e. The predicted molar refractivity (Wildman–Crippen MR) is 145 cm³/mol. The van der Waals surface area contributed by atoms with Crippen molar-refractivity contribution in [3.05, 3.63) is 53.6 Å². The van der Waals surface area contributed by atoms with Crippen LogP contribution < -0.4 is 19.5 Å². The fraction of sp³-hybridized carbons (Fsp3) is 0.517. The van der Waals surface area contributed by atoms with Gasteiger partial charge in [0, 0.05) is 12.6 Å². The summed E-state index contributed by atoms with van der Waals surface area (Å²) in [5.74, 6) is 1.57. The molecule has 1 saturated carbocycles. The quantitative estimate of drug-likeness (QED) is 0.388. The molecule has 202 valence electrons. The van der Waals surface area contributed by atoms with Gasteiger partial charge in [0.05, 0.1) is 20.3 Å². The van der Waals surface area contributed by atoms with Crippen LogP contribution in [0.1, 0.15) is 63.6 Å². The van der Waals surface area contributed by atoms with Gasteiger partial charge in [-0.05, 0) is 80.8 Å². The maximum Gasteiger partial charge on any atom is 0.247 e. The second-order valence-corrected chi connectivity index (χ2v) is 10.2. The van der Waals surface area contributed by atoms with Gasteiger partial charge in [-0.1, -0.05) is 25.1 Å². The SMILES string of the molecule is COc1cccc(CN(C(=O)CCl)[C@H](C(=O)NC2CCC(C)CC2)c2ccc(OC(C)C)c(OC)c2)c1. The molecule has 0 aromatic heterocycles. The summed E-state index contributed by atoms with van der Waals surface area (Å²) >= 11 is 6.06. The van der Waals surface area contributed by atoms with Crippen molar-refractivity contribution in [2.45, 2.75) is 71.2 Å². The Labute approximate surface area is 225 Å². The number of nitrogens with one attached hydrogen (secondary N) is 1. The van der Waals surface area contributed by atoms with Crippen LogP contribution >= 0.6 is 11.6 Å². The van der Waals surface area contributed by atoms with Gasteiger partial charge in [0.1, 0.15) is 17.7 Å². The summed E-state index contributed by atoms with van der Waals surface area (Å²) in [6.45, 7) is 6.30. The molecule has 3 rings (SSSR count). The molecular formula is C29H39ClN2O5. The van der Waals surface area contributed by atoms with E-state index in [0.29, 0.717) is 28.7 Å². The van der Waals surface area contributed by atoms with Gasteiger partial charge < -0.3 is 24.4 Å². The van der Waals surface area contributed by atoms with Crippen molar-refractivity contribution in [3.63, 3.8) is 0 Å². The van der Waals surface area contributed by atoms with Crippen LogP contribution in [-0.2, 0) is 16.1 Å². The number of methoxy groups -OCH3 is 2. The predicted octanol–water partition coefficient (Wildman–Crippen LogP) is 5.49. The Morgan fingerprint density at radius 2 is 1.76 bits per heavy atom. The summed E-state index contributed by atoms with van der Waals surface area (Å²) in [4.78, 5) is 28.6. The van der Waals surface area contributed by atoms with Crippen molar-refractivity contribution in [1.82, 2.24) is 10.2 Å². The molecule has 1 N–H and O–H groups in total. The van der Waals surface area contributed by atoms with Crippen LogP contribution in [0.15, 0.2) is 42.5 Å². The lowest BCUT2D eigenvalue weighted by Crippen LogP contribution is -2.47. The van der Waals surface area contributed by atoms with E-state index in [-0.39, 0.29) is 36.4 Å². The van der Waals surface area contributed by atoms with Crippen molar-refractivity contribution < 1.29 is 23.8 Å². The molecule has 0 heterocycles. The minimum absolute atomic E-state index is 0.0464. The van der Waals surface area contributed by atoms with Crippen molar-refractivity contribution in [1.29, 1.82) is 0 Å². The molecule has 2 aromatic carbocycles. The van der Waals surface area contributed by atoms with Gasteiger partial charge in [0.15, 0.2) is 11.5 Å². The molecule has 0 radical (unpaired) electrons. The van der Waals surface area contributed by atoms with Crippen molar-refractivity contribution in [3.8, 4) is 17.2 Å². The lowest BCUT2D eigenvalue weighted by Gasteiger charge is -2.34. The zero-order chi connectivity index (χ0) is 26.9. The maximum absolute atomic E-state index is 13.9. The van der Waals surface area contributed by atoms with Crippen LogP contribution in [0.3, 0.4) is 0 Å². The highest BCUT2D eigenvalue weighted by molar-refractivity contribution is 6.27. The zero-order valence-corrected chi connectivity index (χ0v) is 23.2. The first kappa shape index (κ1) is 28.6. The summed E-state index contributed by atoms with van der Waals surface area (Å²) in [5, 5.41) is 3.22. The normalized spacial score (nSPS) is 18.1. The number of rotatable bonds is 11. The highest BCUT2D eigenvalue weighted by Crippen LogP contribution is 2.34. The van der Waals surface area contributed by atoms with Crippen LogP contribution in [0.25, 0.3) is 0 Å². The van der Waals surface area contributed by atoms with Gasteiger partial charge in [0.2, 0.25) is 11.8 Å². The van der Waals surface area contributed by atoms with E-state index < -0.39 is 6.04 Å². The highest BCUT2D eigenvalue weighted by Gasteiger charge is 2.34. The average molecular weight is 531 g/mol. The molecular weight excluding hydrogens is 492 g/mol. The number of benzene rings is 2. The highest BCUT2D eigenvalue weighted by atomic mass is 35.5. The van der Waals surface area contributed by atoms with E-state index in [0.717, 1.165) is 31.2 Å². The number of hydrogen-bond acceptors (Lipinski definition) is 5. The number of ether oxygens (including phenoxy) is 3. The smallest absolute Gasteiger partial charge is 0.247 e. The summed E-state index contributed by atoms with van der Waals surface area (Å²) in [6.07, 6.45) is 3.93. The molecule has 2 amide bonds. The van der Waals surface area contributed by atoms with E-state index in [9.17, 15) is 9.59 Å². The Balaban J connectivity index is 2.02. The van der Waals surface area contributed by atoms with Gasteiger partial charge in [0.25, 0.3) is 0 Å². The second kappa shape index (κ2) is 13.6. The van der Waals surface area contributed by atoms with Crippen LogP contribution in [0, 0.1) is 5.92 Å². The molecule has 1 atom stereocenters. The largest absolute Gasteiger partial charge is 0.497 e. The Morgan fingerprint density at radius 1 is 1.03 bits per heavy atom. The molecule has 0 spiro atoms. The van der Waals surface area contributed by atoms with Crippen molar-refractivity contribution >= 4 is 23.4 Å². The lowest BCUT2D eigenvalue weighted by molar-refractivity contribution is -0.140. The van der Waals surface area contributed by atoms with Gasteiger partial charge >= 0.3 is 0 Å². The maximum atomic E-state index is 13.9. The Bertz CT molecular complexity index is 1050. The third-order valence-electron chi connectivity index (χ3n) is 6.71. The molecule has 37 heavy (non-hydrogen) atoms. The van der Waals surface area contributed by atoms with Crippen LogP contribution in [-0.4, -0.2) is 49.0 Å². The Hall–Kier alpha value is -2.93. The molecule has 1 aliphatic carbocycles. The van der Waals surface area contributed by atoms with Crippen molar-refractivity contribution in [2.24, 2.45) is 5.92 Å². The number of hydrogen-bond donors (Lipinski definition) is 1. The topological polar surface area (TPSA) is 77.1 Å². The standard InChI is InChI=1S/C29H39ClN2O5/c1-19(2)37-25-14-11-22(16-26(25)36-5)28(29(34)31-23-12-9-20(3)10-13-23)32(27(33)17-30)18-21-7-6-8-24(15-21)35-4/h6-8,11,14-16,19-20,23,28H,9-10,12-13,17-18H2,1-5H3,(H,31,34)/t20?,23?,28-/m0/s1. The zero-order valence-electron chi connectivity index (χ0n) is 22.5. The van der Waals surface area contributed by atoms with Crippen molar-refractivity contribution in [2.75, 3.05) is 20.1 Å². The number of carbonyl (C=O) groups excluding carboxylic acids is 2. The van der Waals surface area contributed by atoms with Crippen LogP contribution in [0.5, 0.6) is 17.2 Å². The molecule has 2 aromatic rings. The number of amides is 2. The summed E-state index contributed by atoms with van der Waals surface area (Å²) in [6, 6.07) is 12.0. The fourth-order valence-electron chi connectivity index (χ4n) is 4.73. The van der Waals surface area contributed by atoms with E-state index in [4.69, 9.17) is 25.8 Å². The summed E-state index contributed by atoms with van der Waals surface area (Å²) in [7, 11) is 3.15. The van der Waals surface area contributed by atoms with E-state index >= 15 is 0 Å². The van der Waals surface area contributed by atoms with E-state index in [1.54, 1.807) is 26.4 Å². The number of alkyl halides is 1. The molecule has 1 aliphatic rings. The molecule has 1 fully saturated rings. The number of halogens is 1. The van der Waals surface area contributed by atoms with E-state index in [1.165, 1.54) is 4.90 Å². The first-order valence-electron chi connectivity index (χ1n) is 12.9. The molecule has 0 saturated heterocycles. The van der Waals surface area contributed by atoms with E-state index in [2.05, 4.69) is 12.2 Å². The number of carbonyl (C=O) groups is 2. The molecule has 8 heteroatoms. The monoisotopic (exact) mass is 530 g/mol. The average Bonchev–Trinajstić information content (AvgIpc) is 2.89. The van der Waals surface area contributed by atoms with E-state index in [1.807, 2.05) is 44.2 Å². The first-order chi connectivity index (χ1) is 17.7. The summed E-state index contributed by atoms with van der Waals surface area (Å²) in [5.41, 5.74) is 1.45. The molecule has 0 bridgehead atoms. The minimum atomic E-state index is -0.904. The molecule has 0 unspecified atom stereocenters. The van der Waals surface area contributed by atoms with Crippen LogP contribution in [0.4, 0.5) is 0 Å².